The van der Waals surface area contributed by atoms with Crippen molar-refractivity contribution in [2.45, 2.75) is 19.4 Å². The van der Waals surface area contributed by atoms with E-state index in [9.17, 15) is 18.8 Å². The maximum Gasteiger partial charge on any atom is 0.326 e. The van der Waals surface area contributed by atoms with Crippen LogP contribution < -0.4 is 10.1 Å². The Morgan fingerprint density at radius 2 is 1.79 bits per heavy atom. The lowest BCUT2D eigenvalue weighted by Crippen LogP contribution is -2.41. The van der Waals surface area contributed by atoms with Crippen LogP contribution in [0.25, 0.3) is 0 Å². The standard InChI is InChI=1S/C21H21FN2O5/c1-14-7-9-15(10-8-14)21(2)19(26)24(20(27)23-21)13-18(25)29-12-11-28-17-6-4-3-5-16(17)22/h3-10H,11-13H2,1-2H3,(H,23,27)/t21-/m1/s1. The van der Waals surface area contributed by atoms with Crippen molar-refractivity contribution in [3.63, 3.8) is 0 Å². The average molecular weight is 400 g/mol. The molecule has 1 N–H and O–H groups in total. The Bertz CT molecular complexity index is 931. The Balaban J connectivity index is 1.53. The normalized spacial score (nSPS) is 18.5. The number of benzene rings is 2. The van der Waals surface area contributed by atoms with E-state index < -0.39 is 35.8 Å². The highest BCUT2D eigenvalue weighted by Crippen LogP contribution is 2.28. The molecule has 1 heterocycles. The molecule has 8 heteroatoms. The molecule has 0 radical (unpaired) electrons. The van der Waals surface area contributed by atoms with Crippen LogP contribution in [0, 0.1) is 12.7 Å². The maximum atomic E-state index is 13.4. The van der Waals surface area contributed by atoms with Gasteiger partial charge in [-0.3, -0.25) is 14.5 Å². The summed E-state index contributed by atoms with van der Waals surface area (Å²) < 4.78 is 23.6. The zero-order valence-electron chi connectivity index (χ0n) is 16.1. The molecule has 1 saturated heterocycles. The molecule has 1 aliphatic heterocycles. The molecular formula is C21H21FN2O5. The number of amides is 3. The lowest BCUT2D eigenvalue weighted by atomic mass is 9.91. The van der Waals surface area contributed by atoms with E-state index in [0.717, 1.165) is 10.5 Å². The van der Waals surface area contributed by atoms with Crippen molar-refractivity contribution in [2.75, 3.05) is 19.8 Å². The molecule has 1 atom stereocenters. The summed E-state index contributed by atoms with van der Waals surface area (Å²) >= 11 is 0. The summed E-state index contributed by atoms with van der Waals surface area (Å²) in [5.41, 5.74) is 0.390. The van der Waals surface area contributed by atoms with E-state index >= 15 is 0 Å². The highest BCUT2D eigenvalue weighted by atomic mass is 19.1. The molecule has 7 nitrogen and oxygen atoms in total. The first-order valence-electron chi connectivity index (χ1n) is 9.05. The summed E-state index contributed by atoms with van der Waals surface area (Å²) in [6.07, 6.45) is 0. The molecule has 2 aromatic rings. The van der Waals surface area contributed by atoms with E-state index in [0.29, 0.717) is 5.56 Å². The van der Waals surface area contributed by atoms with Crippen molar-refractivity contribution in [3.05, 3.63) is 65.5 Å². The summed E-state index contributed by atoms with van der Waals surface area (Å²) in [5, 5.41) is 2.63. The van der Waals surface area contributed by atoms with Crippen molar-refractivity contribution in [2.24, 2.45) is 0 Å². The molecule has 3 amide bonds. The Morgan fingerprint density at radius 3 is 2.48 bits per heavy atom. The van der Waals surface area contributed by atoms with Gasteiger partial charge in [0.25, 0.3) is 5.91 Å². The summed E-state index contributed by atoms with van der Waals surface area (Å²) in [5.74, 6) is -1.77. The highest BCUT2D eigenvalue weighted by Gasteiger charge is 2.49. The van der Waals surface area contributed by atoms with Gasteiger partial charge in [0.05, 0.1) is 0 Å². The van der Waals surface area contributed by atoms with Crippen LogP contribution in [0.2, 0.25) is 0 Å². The van der Waals surface area contributed by atoms with Gasteiger partial charge in [-0.25, -0.2) is 9.18 Å². The second-order valence-electron chi connectivity index (χ2n) is 6.81. The zero-order valence-corrected chi connectivity index (χ0v) is 16.1. The van der Waals surface area contributed by atoms with Crippen LogP contribution in [0.4, 0.5) is 9.18 Å². The van der Waals surface area contributed by atoms with Crippen LogP contribution in [0.5, 0.6) is 5.75 Å². The number of hydrogen-bond donors (Lipinski definition) is 1. The van der Waals surface area contributed by atoms with Crippen molar-refractivity contribution >= 4 is 17.9 Å². The van der Waals surface area contributed by atoms with Crippen LogP contribution in [0.15, 0.2) is 48.5 Å². The zero-order chi connectivity index (χ0) is 21.0. The Morgan fingerprint density at radius 1 is 1.10 bits per heavy atom. The minimum absolute atomic E-state index is 0.0477. The smallest absolute Gasteiger partial charge is 0.326 e. The molecule has 0 spiro atoms. The van der Waals surface area contributed by atoms with E-state index in [2.05, 4.69) is 5.32 Å². The minimum atomic E-state index is -1.25. The SMILES string of the molecule is Cc1ccc([C@@]2(C)NC(=O)N(CC(=O)OCCOc3ccccc3F)C2=O)cc1. The number of esters is 1. The van der Waals surface area contributed by atoms with E-state index in [1.165, 1.54) is 18.2 Å². The highest BCUT2D eigenvalue weighted by molar-refractivity contribution is 6.08. The number of rotatable bonds is 7. The van der Waals surface area contributed by atoms with Crippen molar-refractivity contribution in [3.8, 4) is 5.75 Å². The third kappa shape index (κ3) is 4.37. The van der Waals surface area contributed by atoms with Gasteiger partial charge in [-0.05, 0) is 31.5 Å². The molecule has 29 heavy (non-hydrogen) atoms. The van der Waals surface area contributed by atoms with E-state index in [4.69, 9.17) is 9.47 Å². The number of halogens is 1. The minimum Gasteiger partial charge on any atom is -0.487 e. The van der Waals surface area contributed by atoms with E-state index in [1.54, 1.807) is 25.1 Å². The lowest BCUT2D eigenvalue weighted by Gasteiger charge is -2.22. The van der Waals surface area contributed by atoms with Crippen molar-refractivity contribution < 1.29 is 28.2 Å². The largest absolute Gasteiger partial charge is 0.487 e. The fourth-order valence-electron chi connectivity index (χ4n) is 2.97. The number of carbonyl (C=O) groups excluding carboxylic acids is 3. The second kappa shape index (κ2) is 8.30. The van der Waals surface area contributed by atoms with Crippen LogP contribution >= 0.6 is 0 Å². The van der Waals surface area contributed by atoms with Gasteiger partial charge >= 0.3 is 12.0 Å². The quantitative estimate of drug-likeness (QED) is 0.439. The summed E-state index contributed by atoms with van der Waals surface area (Å²) in [7, 11) is 0. The van der Waals surface area contributed by atoms with Gasteiger partial charge in [-0.15, -0.1) is 0 Å². The van der Waals surface area contributed by atoms with Gasteiger partial charge in [0.15, 0.2) is 11.6 Å². The summed E-state index contributed by atoms with van der Waals surface area (Å²) in [6.45, 7) is 2.77. The third-order valence-corrected chi connectivity index (χ3v) is 4.63. The first-order chi connectivity index (χ1) is 13.8. The van der Waals surface area contributed by atoms with Crippen molar-refractivity contribution in [1.29, 1.82) is 0 Å². The number of ether oxygens (including phenoxy) is 2. The van der Waals surface area contributed by atoms with Crippen LogP contribution in [-0.2, 0) is 19.9 Å². The van der Waals surface area contributed by atoms with Gasteiger partial charge in [0, 0.05) is 0 Å². The number of aryl methyl sites for hydroxylation is 1. The van der Waals surface area contributed by atoms with Crippen molar-refractivity contribution in [1.82, 2.24) is 10.2 Å². The lowest BCUT2D eigenvalue weighted by molar-refractivity contribution is -0.148. The average Bonchev–Trinajstić information content (AvgIpc) is 2.91. The number of nitrogens with zero attached hydrogens (tertiary/aromatic N) is 1. The maximum absolute atomic E-state index is 13.4. The van der Waals surface area contributed by atoms with Gasteiger partial charge in [0.1, 0.15) is 25.3 Å². The summed E-state index contributed by atoms with van der Waals surface area (Å²) in [4.78, 5) is 37.9. The number of urea groups is 1. The molecule has 0 unspecified atom stereocenters. The summed E-state index contributed by atoms with van der Waals surface area (Å²) in [6, 6.07) is 12.4. The molecule has 3 rings (SSSR count). The predicted molar refractivity (Wildman–Crippen MR) is 102 cm³/mol. The molecule has 152 valence electrons. The van der Waals surface area contributed by atoms with Gasteiger partial charge in [-0.1, -0.05) is 42.0 Å². The fourth-order valence-corrected chi connectivity index (χ4v) is 2.97. The monoisotopic (exact) mass is 400 g/mol. The molecule has 1 fully saturated rings. The van der Waals surface area contributed by atoms with Crippen LogP contribution in [0.1, 0.15) is 18.1 Å². The first-order valence-corrected chi connectivity index (χ1v) is 9.05. The molecule has 2 aromatic carbocycles. The molecular weight excluding hydrogens is 379 g/mol. The van der Waals surface area contributed by atoms with Gasteiger partial charge in [0.2, 0.25) is 0 Å². The molecule has 1 aliphatic rings. The van der Waals surface area contributed by atoms with E-state index in [-0.39, 0.29) is 19.0 Å². The molecule has 0 aliphatic carbocycles. The van der Waals surface area contributed by atoms with Crippen LogP contribution in [-0.4, -0.2) is 42.6 Å². The first kappa shape index (κ1) is 20.3. The van der Waals surface area contributed by atoms with E-state index in [1.807, 2.05) is 19.1 Å². The molecule has 0 aromatic heterocycles. The number of carbonyl (C=O) groups is 3. The predicted octanol–water partition coefficient (Wildman–Crippen LogP) is 2.52. The molecule has 0 bridgehead atoms. The topological polar surface area (TPSA) is 84.9 Å². The van der Waals surface area contributed by atoms with Gasteiger partial charge < -0.3 is 14.8 Å². The van der Waals surface area contributed by atoms with Crippen LogP contribution in [0.3, 0.4) is 0 Å². The number of para-hydroxylation sites is 1. The third-order valence-electron chi connectivity index (χ3n) is 4.63. The van der Waals surface area contributed by atoms with Gasteiger partial charge in [-0.2, -0.15) is 0 Å². The number of nitrogens with one attached hydrogen (secondary N) is 1. The Hall–Kier alpha value is -3.42. The fraction of sp³-hybridized carbons (Fsp3) is 0.286. The Kier molecular flexibility index (Phi) is 5.81. The number of imide groups is 1. The Labute approximate surface area is 167 Å². The molecule has 0 saturated carbocycles. The number of hydrogen-bond acceptors (Lipinski definition) is 5. The second-order valence-corrected chi connectivity index (χ2v) is 6.81.